The van der Waals surface area contributed by atoms with Crippen LogP contribution >= 0.6 is 0 Å². The summed E-state index contributed by atoms with van der Waals surface area (Å²) in [6.45, 7) is 4.03. The highest BCUT2D eigenvalue weighted by molar-refractivity contribution is 6.12. The molecule has 0 aliphatic rings. The molecule has 1 heterocycles. The van der Waals surface area contributed by atoms with E-state index in [1.54, 1.807) is 0 Å². The molecule has 13 aromatic carbocycles. The Hall–Kier alpha value is -11.0. The minimum atomic E-state index is 1.08. The number of hydrogen-bond acceptors (Lipinski definition) is 2. The Morgan fingerprint density at radius 3 is 0.711 bits per heavy atom. The third-order valence-electron chi connectivity index (χ3n) is 16.0. The van der Waals surface area contributed by atoms with E-state index in [1.165, 1.54) is 55.3 Å². The summed E-state index contributed by atoms with van der Waals surface area (Å²) in [4.78, 5) is 4.69. The van der Waals surface area contributed by atoms with Crippen molar-refractivity contribution in [2.45, 2.75) is 0 Å². The monoisotopic (exact) mass is 1060 g/mol. The molecule has 3 heteroatoms. The second kappa shape index (κ2) is 22.3. The largest absolute Gasteiger partial charge is 0.311 e. The predicted octanol–water partition coefficient (Wildman–Crippen LogP) is 22.4. The third kappa shape index (κ3) is 10.1. The van der Waals surface area contributed by atoms with E-state index in [1.807, 2.05) is 6.08 Å². The van der Waals surface area contributed by atoms with Gasteiger partial charge in [-0.3, -0.25) is 0 Å². The molecular weight excluding hydrogens is 1000 g/mol. The number of anilines is 6. The highest BCUT2D eigenvalue weighted by Gasteiger charge is 2.19. The van der Waals surface area contributed by atoms with Gasteiger partial charge in [0, 0.05) is 50.6 Å². The van der Waals surface area contributed by atoms with E-state index in [0.29, 0.717) is 0 Å². The molecule has 0 saturated carbocycles. The topological polar surface area (TPSA) is 11.4 Å². The lowest BCUT2D eigenvalue weighted by atomic mass is 9.99. The van der Waals surface area contributed by atoms with Gasteiger partial charge in [0.2, 0.25) is 0 Å². The third-order valence-corrected chi connectivity index (χ3v) is 16.0. The van der Waals surface area contributed by atoms with Gasteiger partial charge in [0.15, 0.2) is 0 Å². The van der Waals surface area contributed by atoms with E-state index >= 15 is 0 Å². The molecule has 1 aromatic heterocycles. The standard InChI is InChI=1S/C80H57N3/c1-2-57-23-39-76(40-24-57)83-79-53-37-68(66-33-49-74(50-34-66)81(70-41-25-62(26-42-70)58-15-7-3-8-16-58)71-43-27-63(28-44-71)59-17-9-4-10-18-59)55-77(79)78-56-69(38-54-80(78)83)67-35-51-75(52-36-67)82(72-45-29-64(30-46-72)60-19-11-5-12-20-60)73-47-31-65(32-48-73)61-21-13-6-14-22-61/h2-56H,1H2. The first-order valence-electron chi connectivity index (χ1n) is 28.3. The Morgan fingerprint density at radius 2 is 0.458 bits per heavy atom. The second-order valence-electron chi connectivity index (χ2n) is 21.0. The molecular formula is C80H57N3. The highest BCUT2D eigenvalue weighted by atomic mass is 15.1. The predicted molar refractivity (Wildman–Crippen MR) is 353 cm³/mol. The van der Waals surface area contributed by atoms with Crippen LogP contribution in [0.25, 0.3) is 100 Å². The summed E-state index contributed by atoms with van der Waals surface area (Å²) in [5.74, 6) is 0. The number of aromatic nitrogens is 1. The van der Waals surface area contributed by atoms with Crippen LogP contribution in [0.15, 0.2) is 334 Å². The normalized spacial score (nSPS) is 11.2. The minimum absolute atomic E-state index is 1.08. The summed E-state index contributed by atoms with van der Waals surface area (Å²) >= 11 is 0. The molecule has 0 unspecified atom stereocenters. The minimum Gasteiger partial charge on any atom is -0.311 e. The fourth-order valence-corrected chi connectivity index (χ4v) is 11.7. The Labute approximate surface area is 485 Å². The number of nitrogens with zero attached hydrogens (tertiary/aromatic N) is 3. The van der Waals surface area contributed by atoms with Gasteiger partial charge in [0.1, 0.15) is 0 Å². The van der Waals surface area contributed by atoms with Crippen LogP contribution in [-0.4, -0.2) is 4.57 Å². The van der Waals surface area contributed by atoms with Crippen molar-refractivity contribution in [2.24, 2.45) is 0 Å². The van der Waals surface area contributed by atoms with Crippen LogP contribution in [-0.2, 0) is 0 Å². The zero-order valence-corrected chi connectivity index (χ0v) is 45.8. The molecule has 0 aliphatic heterocycles. The van der Waals surface area contributed by atoms with Crippen LogP contribution in [0.4, 0.5) is 34.1 Å². The summed E-state index contributed by atoms with van der Waals surface area (Å²) in [5, 5.41) is 2.38. The van der Waals surface area contributed by atoms with Crippen molar-refractivity contribution in [3.05, 3.63) is 340 Å². The maximum Gasteiger partial charge on any atom is 0.0541 e. The average Bonchev–Trinajstić information content (AvgIpc) is 4.14. The number of benzene rings is 13. The van der Waals surface area contributed by atoms with Gasteiger partial charge < -0.3 is 14.4 Å². The summed E-state index contributed by atoms with van der Waals surface area (Å²) in [6, 6.07) is 118. The van der Waals surface area contributed by atoms with Gasteiger partial charge in [-0.2, -0.15) is 0 Å². The van der Waals surface area contributed by atoms with Gasteiger partial charge in [-0.05, 0) is 182 Å². The van der Waals surface area contributed by atoms with E-state index < -0.39 is 0 Å². The van der Waals surface area contributed by atoms with Crippen LogP contribution in [0.3, 0.4) is 0 Å². The van der Waals surface area contributed by atoms with Crippen molar-refractivity contribution < 1.29 is 0 Å². The van der Waals surface area contributed by atoms with E-state index in [-0.39, 0.29) is 0 Å². The van der Waals surface area contributed by atoms with Gasteiger partial charge >= 0.3 is 0 Å². The quantitative estimate of drug-likeness (QED) is 0.108. The first kappa shape index (κ1) is 50.2. The first-order valence-corrected chi connectivity index (χ1v) is 28.3. The van der Waals surface area contributed by atoms with Gasteiger partial charge in [0.05, 0.1) is 11.0 Å². The van der Waals surface area contributed by atoms with Gasteiger partial charge in [-0.1, -0.05) is 231 Å². The molecule has 0 saturated heterocycles. The molecule has 0 radical (unpaired) electrons. The summed E-state index contributed by atoms with van der Waals surface area (Å²) in [6.07, 6.45) is 1.90. The zero-order chi connectivity index (χ0) is 55.5. The van der Waals surface area contributed by atoms with Crippen molar-refractivity contribution >= 4 is 62.0 Å². The molecule has 392 valence electrons. The summed E-state index contributed by atoms with van der Waals surface area (Å²) in [7, 11) is 0. The summed E-state index contributed by atoms with van der Waals surface area (Å²) < 4.78 is 2.39. The molecule has 83 heavy (non-hydrogen) atoms. The van der Waals surface area contributed by atoms with Gasteiger partial charge in [0.25, 0.3) is 0 Å². The number of hydrogen-bond donors (Lipinski definition) is 0. The molecule has 0 N–H and O–H groups in total. The molecule has 14 aromatic rings. The first-order chi connectivity index (χ1) is 41.1. The Kier molecular flexibility index (Phi) is 13.5. The van der Waals surface area contributed by atoms with Crippen molar-refractivity contribution in [3.63, 3.8) is 0 Å². The number of rotatable bonds is 14. The smallest absolute Gasteiger partial charge is 0.0541 e. The Balaban J connectivity index is 0.823. The van der Waals surface area contributed by atoms with E-state index in [0.717, 1.165) is 78.7 Å². The van der Waals surface area contributed by atoms with Crippen LogP contribution in [0.2, 0.25) is 0 Å². The molecule has 0 fully saturated rings. The molecule has 0 spiro atoms. The summed E-state index contributed by atoms with van der Waals surface area (Å²) in [5.41, 5.74) is 25.1. The SMILES string of the molecule is C=Cc1ccc(-n2c3ccc(-c4ccc(N(c5ccc(-c6ccccc6)cc5)c5ccc(-c6ccccc6)cc5)cc4)cc3c3cc(-c4ccc(N(c5ccc(-c6ccccc6)cc5)c5ccc(-c6ccccc6)cc5)cc4)ccc32)cc1. The van der Waals surface area contributed by atoms with Crippen LogP contribution in [0.1, 0.15) is 5.56 Å². The van der Waals surface area contributed by atoms with E-state index in [4.69, 9.17) is 0 Å². The van der Waals surface area contributed by atoms with E-state index in [2.05, 4.69) is 349 Å². The van der Waals surface area contributed by atoms with Crippen LogP contribution in [0.5, 0.6) is 0 Å². The maximum absolute atomic E-state index is 4.03. The highest BCUT2D eigenvalue weighted by Crippen LogP contribution is 2.42. The lowest BCUT2D eigenvalue weighted by Gasteiger charge is -2.26. The van der Waals surface area contributed by atoms with Crippen molar-refractivity contribution in [2.75, 3.05) is 9.80 Å². The maximum atomic E-state index is 4.03. The fourth-order valence-electron chi connectivity index (χ4n) is 11.7. The molecule has 0 aliphatic carbocycles. The van der Waals surface area contributed by atoms with Crippen molar-refractivity contribution in [1.82, 2.24) is 4.57 Å². The van der Waals surface area contributed by atoms with Crippen molar-refractivity contribution in [3.8, 4) is 72.4 Å². The fraction of sp³-hybridized carbons (Fsp3) is 0. The number of fused-ring (bicyclic) bond motifs is 3. The Morgan fingerprint density at radius 1 is 0.229 bits per heavy atom. The molecule has 14 rings (SSSR count). The van der Waals surface area contributed by atoms with E-state index in [9.17, 15) is 0 Å². The zero-order valence-electron chi connectivity index (χ0n) is 45.8. The molecule has 0 amide bonds. The van der Waals surface area contributed by atoms with Gasteiger partial charge in [-0.25, -0.2) is 0 Å². The molecule has 0 atom stereocenters. The van der Waals surface area contributed by atoms with Gasteiger partial charge in [-0.15, -0.1) is 0 Å². The lowest BCUT2D eigenvalue weighted by molar-refractivity contribution is 1.18. The Bertz CT molecular complexity index is 4080. The second-order valence-corrected chi connectivity index (χ2v) is 21.0. The molecule has 0 bridgehead atoms. The average molecular weight is 1060 g/mol. The van der Waals surface area contributed by atoms with Crippen LogP contribution in [0, 0.1) is 0 Å². The molecule has 3 nitrogen and oxygen atoms in total. The van der Waals surface area contributed by atoms with Crippen LogP contribution < -0.4 is 9.80 Å². The lowest BCUT2D eigenvalue weighted by Crippen LogP contribution is -2.09. The van der Waals surface area contributed by atoms with Crippen molar-refractivity contribution in [1.29, 1.82) is 0 Å².